The van der Waals surface area contributed by atoms with Crippen LogP contribution in [0.4, 0.5) is 17.8 Å². The maximum Gasteiger partial charge on any atom is 0.490 e. The van der Waals surface area contributed by atoms with Gasteiger partial charge in [-0.1, -0.05) is 0 Å². The summed E-state index contributed by atoms with van der Waals surface area (Å²) in [5.74, 6) is 0.125. The fourth-order valence-corrected chi connectivity index (χ4v) is 4.83. The first-order chi connectivity index (χ1) is 11.3. The molecule has 0 aliphatic heterocycles. The summed E-state index contributed by atoms with van der Waals surface area (Å²) in [4.78, 5) is 59.9. The van der Waals surface area contributed by atoms with Crippen LogP contribution in [0.15, 0.2) is 0 Å². The molecule has 2 unspecified atom stereocenters. The summed E-state index contributed by atoms with van der Waals surface area (Å²) in [5.41, 5.74) is 15.4. The smallest absolute Gasteiger partial charge is 0.368 e. The van der Waals surface area contributed by atoms with E-state index in [9.17, 15) is 18.3 Å². The SMILES string of the molecule is Nc1nc(N)nc(N)n1.O=P(O)(O)OP(=O)(O)OP(=O)(O)OP(=O)(O)O. The Morgan fingerprint density at radius 3 is 1.00 bits per heavy atom. The Morgan fingerprint density at radius 2 is 0.808 bits per heavy atom. The molecule has 1 aromatic heterocycles. The van der Waals surface area contributed by atoms with Gasteiger partial charge < -0.3 is 46.6 Å². The van der Waals surface area contributed by atoms with Crippen molar-refractivity contribution in [2.75, 3.05) is 17.2 Å². The molecule has 0 amide bonds. The fourth-order valence-electron chi connectivity index (χ4n) is 0.856. The number of aromatic nitrogens is 3. The highest BCUT2D eigenvalue weighted by molar-refractivity contribution is 7.69. The lowest BCUT2D eigenvalue weighted by molar-refractivity contribution is 0.194. The molecule has 0 radical (unpaired) electrons. The Labute approximate surface area is 142 Å². The molecular formula is C3H12N6O13P4. The van der Waals surface area contributed by atoms with Crippen LogP contribution in [0.2, 0.25) is 0 Å². The number of nitrogens with two attached hydrogens (primary N) is 3. The maximum absolute atomic E-state index is 10.7. The fraction of sp³-hybridized carbons (Fsp3) is 0. The van der Waals surface area contributed by atoms with Gasteiger partial charge in [-0.3, -0.25) is 0 Å². The van der Waals surface area contributed by atoms with Gasteiger partial charge in [-0.2, -0.15) is 27.9 Å². The maximum atomic E-state index is 10.7. The molecule has 23 heteroatoms. The molecule has 26 heavy (non-hydrogen) atoms. The number of hydrogen-bond donors (Lipinski definition) is 9. The summed E-state index contributed by atoms with van der Waals surface area (Å²) in [6, 6.07) is 0. The number of nitrogens with zero attached hydrogens (tertiary/aromatic N) is 3. The summed E-state index contributed by atoms with van der Waals surface area (Å²) in [5, 5.41) is 0. The summed E-state index contributed by atoms with van der Waals surface area (Å²) in [6.45, 7) is 0. The molecule has 1 aromatic rings. The number of nitrogen functional groups attached to an aromatic ring is 3. The van der Waals surface area contributed by atoms with E-state index < -0.39 is 31.3 Å². The molecule has 19 nitrogen and oxygen atoms in total. The monoisotopic (exact) mass is 464 g/mol. The summed E-state index contributed by atoms with van der Waals surface area (Å²) >= 11 is 0. The van der Waals surface area contributed by atoms with Crippen molar-refractivity contribution in [2.24, 2.45) is 0 Å². The van der Waals surface area contributed by atoms with Crippen molar-refractivity contribution >= 4 is 49.1 Å². The van der Waals surface area contributed by atoms with Crippen LogP contribution in [0.5, 0.6) is 0 Å². The molecule has 1 heterocycles. The first-order valence-corrected chi connectivity index (χ1v) is 11.3. The van der Waals surface area contributed by atoms with E-state index in [-0.39, 0.29) is 17.8 Å². The van der Waals surface area contributed by atoms with E-state index in [1.54, 1.807) is 0 Å². The van der Waals surface area contributed by atoms with E-state index >= 15 is 0 Å². The van der Waals surface area contributed by atoms with E-state index in [2.05, 4.69) is 27.9 Å². The van der Waals surface area contributed by atoms with Crippen LogP contribution in [0.3, 0.4) is 0 Å². The second-order valence-electron chi connectivity index (χ2n) is 3.57. The Morgan fingerprint density at radius 1 is 0.577 bits per heavy atom. The lowest BCUT2D eigenvalue weighted by Gasteiger charge is -2.15. The quantitative estimate of drug-likeness (QED) is 0.206. The molecule has 0 saturated carbocycles. The third-order valence-electron chi connectivity index (χ3n) is 1.31. The van der Waals surface area contributed by atoms with Gasteiger partial charge in [-0.05, 0) is 0 Å². The molecule has 12 N–H and O–H groups in total. The summed E-state index contributed by atoms with van der Waals surface area (Å²) in [6.07, 6.45) is 0. The summed E-state index contributed by atoms with van der Waals surface area (Å²) in [7, 11) is -22.6. The zero-order valence-electron chi connectivity index (χ0n) is 11.9. The van der Waals surface area contributed by atoms with Gasteiger partial charge in [-0.25, -0.2) is 18.3 Å². The van der Waals surface area contributed by atoms with Gasteiger partial charge in [-0.15, -0.1) is 0 Å². The lowest BCUT2D eigenvalue weighted by atomic mass is 10.9. The third kappa shape index (κ3) is 13.2. The Bertz CT molecular complexity index is 724. The molecule has 0 aromatic carbocycles. The van der Waals surface area contributed by atoms with E-state index in [0.717, 1.165) is 0 Å². The average molecular weight is 464 g/mol. The van der Waals surface area contributed by atoms with Crippen molar-refractivity contribution in [1.82, 2.24) is 15.0 Å². The largest absolute Gasteiger partial charge is 0.490 e. The minimum atomic E-state index is -5.77. The molecular weight excluding hydrogens is 452 g/mol. The van der Waals surface area contributed by atoms with Gasteiger partial charge in [0, 0.05) is 0 Å². The Balaban J connectivity index is 0.000000577. The highest BCUT2D eigenvalue weighted by Crippen LogP contribution is 2.69. The highest BCUT2D eigenvalue weighted by Gasteiger charge is 2.43. The van der Waals surface area contributed by atoms with Gasteiger partial charge in [0.15, 0.2) is 0 Å². The molecule has 2 atom stereocenters. The zero-order chi connectivity index (χ0) is 21.0. The first kappa shape index (κ1) is 25.0. The predicted octanol–water partition coefficient (Wildman–Crippen LogP) is -1.96. The van der Waals surface area contributed by atoms with Crippen molar-refractivity contribution in [2.45, 2.75) is 0 Å². The predicted molar refractivity (Wildman–Crippen MR) is 80.1 cm³/mol. The van der Waals surface area contributed by atoms with Gasteiger partial charge >= 0.3 is 31.3 Å². The van der Waals surface area contributed by atoms with Crippen LogP contribution >= 0.6 is 31.3 Å². The van der Waals surface area contributed by atoms with Gasteiger partial charge in [0.05, 0.1) is 0 Å². The first-order valence-electron chi connectivity index (χ1n) is 5.23. The van der Waals surface area contributed by atoms with Crippen LogP contribution in [0.25, 0.3) is 0 Å². The van der Waals surface area contributed by atoms with Crippen LogP contribution in [-0.4, -0.2) is 44.3 Å². The Kier molecular flexibility index (Phi) is 8.42. The van der Waals surface area contributed by atoms with E-state index in [1.165, 1.54) is 0 Å². The lowest BCUT2D eigenvalue weighted by Crippen LogP contribution is -2.05. The van der Waals surface area contributed by atoms with Gasteiger partial charge in [0.1, 0.15) is 0 Å². The van der Waals surface area contributed by atoms with Crippen molar-refractivity contribution in [3.05, 3.63) is 0 Å². The van der Waals surface area contributed by atoms with Crippen molar-refractivity contribution in [3.63, 3.8) is 0 Å². The molecule has 0 aliphatic rings. The van der Waals surface area contributed by atoms with E-state index in [0.29, 0.717) is 0 Å². The standard InChI is InChI=1S/C3H6N6.H6O13P4/c4-1-7-2(5)9-3(6)8-1;1-14(2,3)11-16(7,8)13-17(9,10)12-15(4,5)6/h(H6,4,5,6,7,8,9);(H,7,8)(H,9,10)(H2,1,2,3)(H2,4,5,6). The second kappa shape index (κ2) is 8.77. The molecule has 0 aliphatic carbocycles. The summed E-state index contributed by atoms with van der Waals surface area (Å²) < 4.78 is 50.9. The second-order valence-corrected chi connectivity index (χ2v) is 9.37. The topological polar surface area (TPSA) is 334 Å². The third-order valence-corrected chi connectivity index (χ3v) is 6.32. The number of hydrogen-bond acceptors (Lipinski definition) is 13. The number of anilines is 3. The van der Waals surface area contributed by atoms with Crippen LogP contribution in [0, 0.1) is 0 Å². The number of rotatable bonds is 6. The van der Waals surface area contributed by atoms with Gasteiger partial charge in [0.2, 0.25) is 17.8 Å². The van der Waals surface area contributed by atoms with Crippen LogP contribution in [-0.2, 0) is 31.2 Å². The van der Waals surface area contributed by atoms with Crippen LogP contribution in [0.1, 0.15) is 0 Å². The molecule has 0 bridgehead atoms. The zero-order valence-corrected chi connectivity index (χ0v) is 15.5. The minimum Gasteiger partial charge on any atom is -0.368 e. The van der Waals surface area contributed by atoms with Gasteiger partial charge in [0.25, 0.3) is 0 Å². The van der Waals surface area contributed by atoms with Crippen LogP contribution < -0.4 is 17.2 Å². The molecule has 152 valence electrons. The molecule has 0 fully saturated rings. The minimum absolute atomic E-state index is 0.0417. The van der Waals surface area contributed by atoms with Crippen molar-refractivity contribution in [3.8, 4) is 0 Å². The number of phosphoric acid groups is 4. The van der Waals surface area contributed by atoms with E-state index in [4.69, 9.17) is 46.6 Å². The molecule has 1 rings (SSSR count). The highest BCUT2D eigenvalue weighted by atomic mass is 31.3. The normalized spacial score (nSPS) is 16.7. The van der Waals surface area contributed by atoms with Crippen molar-refractivity contribution in [1.29, 1.82) is 0 Å². The molecule has 0 saturated heterocycles. The van der Waals surface area contributed by atoms with E-state index in [1.807, 2.05) is 0 Å². The molecule has 0 spiro atoms. The Hall–Kier alpha value is -1.03. The van der Waals surface area contributed by atoms with Crippen molar-refractivity contribution < 1.29 is 60.6 Å². The average Bonchev–Trinajstić information content (AvgIpc) is 2.16.